The van der Waals surface area contributed by atoms with Crippen LogP contribution in [0.1, 0.15) is 12.0 Å². The molecule has 2 aliphatic rings. The van der Waals surface area contributed by atoms with Gasteiger partial charge in [0, 0.05) is 17.8 Å². The zero-order valence-electron chi connectivity index (χ0n) is 16.9. The lowest BCUT2D eigenvalue weighted by Crippen LogP contribution is -2.35. The van der Waals surface area contributed by atoms with Crippen molar-refractivity contribution in [2.24, 2.45) is 0 Å². The zero-order chi connectivity index (χ0) is 23.7. The number of halogens is 1. The van der Waals surface area contributed by atoms with E-state index in [-0.39, 0.29) is 34.3 Å². The Bertz CT molecular complexity index is 1230. The monoisotopic (exact) mass is 485 g/mol. The number of anilines is 2. The van der Waals surface area contributed by atoms with Crippen molar-refractivity contribution in [2.45, 2.75) is 6.42 Å². The van der Waals surface area contributed by atoms with E-state index in [0.29, 0.717) is 16.9 Å². The number of nitrogens with zero attached hydrogens (tertiary/aromatic N) is 2. The predicted octanol–water partition coefficient (Wildman–Crippen LogP) is 2.86. The molecule has 0 unspecified atom stereocenters. The van der Waals surface area contributed by atoms with Gasteiger partial charge < -0.3 is 10.4 Å². The minimum absolute atomic E-state index is 0.101. The molecule has 0 bridgehead atoms. The van der Waals surface area contributed by atoms with Gasteiger partial charge in [0.1, 0.15) is 16.7 Å². The second kappa shape index (κ2) is 9.12. The van der Waals surface area contributed by atoms with Crippen LogP contribution in [0.2, 0.25) is 0 Å². The van der Waals surface area contributed by atoms with Crippen molar-refractivity contribution in [3.05, 3.63) is 64.8 Å². The SMILES string of the molecule is O=C(O)CCN1C(=O)/C(=C2/C(=O)N(CC(=O)Nc3ccc(F)cc3)c3ccccc32)SC1=S. The Balaban J connectivity index is 1.61. The van der Waals surface area contributed by atoms with E-state index in [0.717, 1.165) is 16.7 Å². The van der Waals surface area contributed by atoms with Gasteiger partial charge in [0.2, 0.25) is 5.91 Å². The normalized spacial score (nSPS) is 17.5. The fourth-order valence-electron chi connectivity index (χ4n) is 3.48. The topological polar surface area (TPSA) is 107 Å². The quantitative estimate of drug-likeness (QED) is 0.479. The van der Waals surface area contributed by atoms with Crippen molar-refractivity contribution in [1.82, 2.24) is 4.90 Å². The summed E-state index contributed by atoms with van der Waals surface area (Å²) in [5.41, 5.74) is 1.44. The molecule has 0 spiro atoms. The van der Waals surface area contributed by atoms with Gasteiger partial charge in [-0.05, 0) is 30.3 Å². The number of rotatable bonds is 6. The summed E-state index contributed by atoms with van der Waals surface area (Å²) >= 11 is 6.16. The highest BCUT2D eigenvalue weighted by Crippen LogP contribution is 2.44. The number of hydrogen-bond acceptors (Lipinski definition) is 6. The van der Waals surface area contributed by atoms with Crippen LogP contribution in [0.15, 0.2) is 53.4 Å². The van der Waals surface area contributed by atoms with Gasteiger partial charge in [0.15, 0.2) is 0 Å². The number of thiocarbonyl (C=S) groups is 1. The molecule has 1 fully saturated rings. The number of nitrogens with one attached hydrogen (secondary N) is 1. The second-order valence-corrected chi connectivity index (χ2v) is 8.78. The number of thioether (sulfide) groups is 1. The average Bonchev–Trinajstić information content (AvgIpc) is 3.20. The van der Waals surface area contributed by atoms with Gasteiger partial charge in [-0.15, -0.1) is 0 Å². The highest BCUT2D eigenvalue weighted by atomic mass is 32.2. The molecule has 0 aromatic heterocycles. The predicted molar refractivity (Wildman–Crippen MR) is 125 cm³/mol. The molecular weight excluding hydrogens is 469 g/mol. The van der Waals surface area contributed by atoms with E-state index >= 15 is 0 Å². The maximum Gasteiger partial charge on any atom is 0.305 e. The van der Waals surface area contributed by atoms with Gasteiger partial charge >= 0.3 is 5.97 Å². The van der Waals surface area contributed by atoms with E-state index in [4.69, 9.17) is 17.3 Å². The molecule has 2 aromatic rings. The molecule has 168 valence electrons. The number of fused-ring (bicyclic) bond motifs is 1. The lowest BCUT2D eigenvalue weighted by atomic mass is 10.1. The molecule has 2 aromatic carbocycles. The van der Waals surface area contributed by atoms with Crippen molar-refractivity contribution in [2.75, 3.05) is 23.3 Å². The molecule has 3 amide bonds. The van der Waals surface area contributed by atoms with E-state index in [9.17, 15) is 23.6 Å². The Morgan fingerprint density at radius 2 is 1.73 bits per heavy atom. The third kappa shape index (κ3) is 4.50. The summed E-state index contributed by atoms with van der Waals surface area (Å²) in [6.45, 7) is -0.424. The van der Waals surface area contributed by atoms with Crippen LogP contribution >= 0.6 is 24.0 Å². The van der Waals surface area contributed by atoms with Gasteiger partial charge in [-0.25, -0.2) is 4.39 Å². The maximum atomic E-state index is 13.3. The number of aliphatic carboxylic acids is 1. The molecule has 2 heterocycles. The molecule has 1 saturated heterocycles. The number of carboxylic acid groups (broad SMARTS) is 1. The number of carboxylic acids is 1. The summed E-state index contributed by atoms with van der Waals surface area (Å²) in [5.74, 6) is -3.09. The maximum absolute atomic E-state index is 13.3. The Morgan fingerprint density at radius 1 is 1.03 bits per heavy atom. The van der Waals surface area contributed by atoms with E-state index in [1.807, 2.05) is 0 Å². The molecular formula is C22H16FN3O5S2. The van der Waals surface area contributed by atoms with Crippen LogP contribution in [0.4, 0.5) is 15.8 Å². The molecule has 0 atom stereocenters. The molecule has 2 aliphatic heterocycles. The Hall–Kier alpha value is -3.57. The first-order valence-electron chi connectivity index (χ1n) is 9.72. The number of benzene rings is 2. The minimum Gasteiger partial charge on any atom is -0.481 e. The Labute approximate surface area is 197 Å². The van der Waals surface area contributed by atoms with Crippen LogP contribution in [0.5, 0.6) is 0 Å². The second-order valence-electron chi connectivity index (χ2n) is 7.14. The van der Waals surface area contributed by atoms with Crippen LogP contribution in [-0.2, 0) is 19.2 Å². The summed E-state index contributed by atoms with van der Waals surface area (Å²) in [6, 6.07) is 12.0. The van der Waals surface area contributed by atoms with Gasteiger partial charge in [0.05, 0.1) is 22.6 Å². The van der Waals surface area contributed by atoms with E-state index < -0.39 is 29.5 Å². The average molecular weight is 486 g/mol. The number of para-hydroxylation sites is 1. The van der Waals surface area contributed by atoms with Gasteiger partial charge in [-0.2, -0.15) is 0 Å². The van der Waals surface area contributed by atoms with Crippen LogP contribution in [0.3, 0.4) is 0 Å². The summed E-state index contributed by atoms with van der Waals surface area (Å²) in [6.07, 6.45) is -0.282. The van der Waals surface area contributed by atoms with Crippen molar-refractivity contribution >= 4 is 68.9 Å². The van der Waals surface area contributed by atoms with Gasteiger partial charge in [0.25, 0.3) is 11.8 Å². The lowest BCUT2D eigenvalue weighted by Gasteiger charge is -2.16. The van der Waals surface area contributed by atoms with Crippen molar-refractivity contribution in [3.8, 4) is 0 Å². The van der Waals surface area contributed by atoms with Crippen LogP contribution < -0.4 is 10.2 Å². The summed E-state index contributed by atoms with van der Waals surface area (Å²) < 4.78 is 13.3. The molecule has 4 rings (SSSR count). The summed E-state index contributed by atoms with van der Waals surface area (Å²) in [4.78, 5) is 52.3. The molecule has 8 nitrogen and oxygen atoms in total. The number of amides is 3. The Morgan fingerprint density at radius 3 is 2.42 bits per heavy atom. The standard InChI is InChI=1S/C22H16FN3O5S2/c23-12-5-7-13(8-6-12)24-16(27)11-26-15-4-2-1-3-14(15)18(20(26)30)19-21(31)25(22(32)33-19)10-9-17(28)29/h1-8H,9-11H2,(H,24,27)(H,28,29)/b19-18-. The molecule has 33 heavy (non-hydrogen) atoms. The largest absolute Gasteiger partial charge is 0.481 e. The molecule has 0 aliphatic carbocycles. The van der Waals surface area contributed by atoms with Gasteiger partial charge in [-0.3, -0.25) is 29.0 Å². The van der Waals surface area contributed by atoms with Crippen molar-refractivity contribution < 1.29 is 28.7 Å². The first-order chi connectivity index (χ1) is 15.8. The fourth-order valence-corrected chi connectivity index (χ4v) is 4.86. The van der Waals surface area contributed by atoms with E-state index in [2.05, 4.69) is 5.32 Å². The summed E-state index contributed by atoms with van der Waals surface area (Å²) in [5, 5.41) is 11.5. The first-order valence-corrected chi connectivity index (χ1v) is 10.9. The van der Waals surface area contributed by atoms with E-state index in [1.54, 1.807) is 24.3 Å². The third-order valence-corrected chi connectivity index (χ3v) is 6.43. The Kier molecular flexibility index (Phi) is 6.25. The zero-order valence-corrected chi connectivity index (χ0v) is 18.5. The van der Waals surface area contributed by atoms with Crippen LogP contribution in [-0.4, -0.2) is 51.1 Å². The van der Waals surface area contributed by atoms with Crippen LogP contribution in [0, 0.1) is 5.82 Å². The molecule has 0 radical (unpaired) electrons. The number of carbonyl (C=O) groups excluding carboxylic acids is 3. The highest BCUT2D eigenvalue weighted by molar-refractivity contribution is 8.26. The minimum atomic E-state index is -1.07. The fraction of sp³-hybridized carbons (Fsp3) is 0.136. The van der Waals surface area contributed by atoms with Crippen LogP contribution in [0.25, 0.3) is 5.57 Å². The van der Waals surface area contributed by atoms with Gasteiger partial charge in [-0.1, -0.05) is 42.2 Å². The number of carbonyl (C=O) groups is 4. The lowest BCUT2D eigenvalue weighted by molar-refractivity contribution is -0.137. The molecule has 0 saturated carbocycles. The smallest absolute Gasteiger partial charge is 0.305 e. The summed E-state index contributed by atoms with van der Waals surface area (Å²) in [7, 11) is 0. The van der Waals surface area contributed by atoms with Crippen molar-refractivity contribution in [3.63, 3.8) is 0 Å². The molecule has 11 heteroatoms. The van der Waals surface area contributed by atoms with E-state index in [1.165, 1.54) is 29.2 Å². The number of hydrogen-bond donors (Lipinski definition) is 2. The highest BCUT2D eigenvalue weighted by Gasteiger charge is 2.42. The first kappa shape index (κ1) is 22.6. The molecule has 2 N–H and O–H groups in total. The third-order valence-electron chi connectivity index (χ3n) is 4.98. The van der Waals surface area contributed by atoms with Crippen molar-refractivity contribution in [1.29, 1.82) is 0 Å².